The van der Waals surface area contributed by atoms with Gasteiger partial charge in [-0.15, -0.1) is 0 Å². The molecule has 1 aromatic carbocycles. The van der Waals surface area contributed by atoms with Crippen molar-refractivity contribution >= 4 is 11.6 Å². The number of ether oxygens (including phenoxy) is 1. The number of nitrogens with two attached hydrogens (primary N) is 1. The fourth-order valence-corrected chi connectivity index (χ4v) is 2.35. The molecule has 1 heterocycles. The van der Waals surface area contributed by atoms with Gasteiger partial charge in [0.15, 0.2) is 0 Å². The monoisotopic (exact) mass is 263 g/mol. The van der Waals surface area contributed by atoms with Gasteiger partial charge in [0.2, 0.25) is 5.91 Å². The van der Waals surface area contributed by atoms with Crippen LogP contribution in [0.1, 0.15) is 6.92 Å². The Balaban J connectivity index is 1.97. The number of nitrogens with zero attached hydrogens (tertiary/aromatic N) is 2. The Bertz CT molecular complexity index is 442. The third-order valence-electron chi connectivity index (χ3n) is 3.69. The second kappa shape index (κ2) is 5.93. The first-order chi connectivity index (χ1) is 9.11. The quantitative estimate of drug-likeness (QED) is 0.868. The highest BCUT2D eigenvalue weighted by Gasteiger charge is 2.24. The molecule has 5 heteroatoms. The summed E-state index contributed by atoms with van der Waals surface area (Å²) in [4.78, 5) is 15.6. The number of piperazine rings is 1. The predicted octanol–water partition coefficient (Wildman–Crippen LogP) is 0.691. The molecular weight excluding hydrogens is 242 g/mol. The fraction of sp³-hybridized carbons (Fsp3) is 0.500. The van der Waals surface area contributed by atoms with Gasteiger partial charge in [-0.25, -0.2) is 0 Å². The van der Waals surface area contributed by atoms with Gasteiger partial charge >= 0.3 is 0 Å². The lowest BCUT2D eigenvalue weighted by molar-refractivity contribution is -0.122. The van der Waals surface area contributed by atoms with Crippen molar-refractivity contribution in [3.8, 4) is 5.75 Å². The van der Waals surface area contributed by atoms with Crippen LogP contribution in [0.2, 0.25) is 0 Å². The van der Waals surface area contributed by atoms with E-state index in [9.17, 15) is 4.79 Å². The van der Waals surface area contributed by atoms with Crippen molar-refractivity contribution < 1.29 is 9.53 Å². The van der Waals surface area contributed by atoms with Gasteiger partial charge in [0.05, 0.1) is 13.2 Å². The summed E-state index contributed by atoms with van der Waals surface area (Å²) in [6, 6.07) is 7.86. The van der Waals surface area contributed by atoms with E-state index in [2.05, 4.69) is 15.9 Å². The molecule has 0 spiro atoms. The second-order valence-electron chi connectivity index (χ2n) is 4.80. The van der Waals surface area contributed by atoms with E-state index in [-0.39, 0.29) is 11.9 Å². The van der Waals surface area contributed by atoms with Gasteiger partial charge < -0.3 is 15.4 Å². The third-order valence-corrected chi connectivity index (χ3v) is 3.69. The molecule has 0 unspecified atom stereocenters. The minimum absolute atomic E-state index is 0.188. The first-order valence-electron chi connectivity index (χ1n) is 6.54. The minimum Gasteiger partial charge on any atom is -0.497 e. The molecule has 0 bridgehead atoms. The number of anilines is 1. The van der Waals surface area contributed by atoms with Gasteiger partial charge in [-0.3, -0.25) is 9.69 Å². The first-order valence-corrected chi connectivity index (χ1v) is 6.54. The molecular formula is C14H21N3O2. The molecule has 0 aromatic heterocycles. The van der Waals surface area contributed by atoms with E-state index in [1.807, 2.05) is 25.1 Å². The molecule has 1 aromatic rings. The number of methoxy groups -OCH3 is 1. The summed E-state index contributed by atoms with van der Waals surface area (Å²) in [7, 11) is 1.67. The zero-order valence-corrected chi connectivity index (χ0v) is 11.5. The van der Waals surface area contributed by atoms with Gasteiger partial charge in [0, 0.05) is 37.9 Å². The summed E-state index contributed by atoms with van der Waals surface area (Å²) >= 11 is 0. The maximum Gasteiger partial charge on any atom is 0.234 e. The Labute approximate surface area is 113 Å². The minimum atomic E-state index is -0.255. The van der Waals surface area contributed by atoms with E-state index < -0.39 is 0 Å². The number of rotatable bonds is 4. The van der Waals surface area contributed by atoms with Crippen molar-refractivity contribution in [1.82, 2.24) is 4.90 Å². The van der Waals surface area contributed by atoms with Crippen molar-refractivity contribution in [2.24, 2.45) is 5.73 Å². The molecule has 0 radical (unpaired) electrons. The van der Waals surface area contributed by atoms with Crippen LogP contribution >= 0.6 is 0 Å². The van der Waals surface area contributed by atoms with Gasteiger partial charge in [-0.2, -0.15) is 0 Å². The smallest absolute Gasteiger partial charge is 0.234 e. The lowest BCUT2D eigenvalue weighted by atomic mass is 10.2. The summed E-state index contributed by atoms with van der Waals surface area (Å²) in [6.45, 7) is 5.35. The molecule has 2 N–H and O–H groups in total. The molecule has 5 nitrogen and oxygen atoms in total. The van der Waals surface area contributed by atoms with Crippen LogP contribution < -0.4 is 15.4 Å². The first kappa shape index (κ1) is 13.7. The highest BCUT2D eigenvalue weighted by atomic mass is 16.5. The van der Waals surface area contributed by atoms with E-state index in [1.54, 1.807) is 7.11 Å². The predicted molar refractivity (Wildman–Crippen MR) is 75.4 cm³/mol. The Morgan fingerprint density at radius 2 is 2.00 bits per heavy atom. The summed E-state index contributed by atoms with van der Waals surface area (Å²) in [6.07, 6.45) is 0. The van der Waals surface area contributed by atoms with Crippen molar-refractivity contribution in [1.29, 1.82) is 0 Å². The van der Waals surface area contributed by atoms with E-state index in [0.717, 1.165) is 37.6 Å². The van der Waals surface area contributed by atoms with Gasteiger partial charge in [0.25, 0.3) is 0 Å². The number of amides is 1. The molecule has 1 atom stereocenters. The molecule has 2 rings (SSSR count). The highest BCUT2D eigenvalue weighted by Crippen LogP contribution is 2.22. The summed E-state index contributed by atoms with van der Waals surface area (Å²) in [5.41, 5.74) is 6.50. The van der Waals surface area contributed by atoms with Crippen LogP contribution in [-0.2, 0) is 4.79 Å². The number of primary amides is 1. The SMILES string of the molecule is COc1cccc(N2CCN([C@@H](C)C(N)=O)CC2)c1. The second-order valence-corrected chi connectivity index (χ2v) is 4.80. The van der Waals surface area contributed by atoms with Gasteiger partial charge in [0.1, 0.15) is 5.75 Å². The lowest BCUT2D eigenvalue weighted by Gasteiger charge is -2.38. The Morgan fingerprint density at radius 1 is 1.32 bits per heavy atom. The highest BCUT2D eigenvalue weighted by molar-refractivity contribution is 5.79. The topological polar surface area (TPSA) is 58.8 Å². The van der Waals surface area contributed by atoms with Crippen LogP contribution in [0.3, 0.4) is 0 Å². The van der Waals surface area contributed by atoms with Crippen molar-refractivity contribution in [2.75, 3.05) is 38.2 Å². The van der Waals surface area contributed by atoms with Crippen molar-refractivity contribution in [3.05, 3.63) is 24.3 Å². The summed E-state index contributed by atoms with van der Waals surface area (Å²) in [5, 5.41) is 0. The molecule has 1 saturated heterocycles. The van der Waals surface area contributed by atoms with Crippen LogP contribution in [0.5, 0.6) is 5.75 Å². The van der Waals surface area contributed by atoms with Crippen LogP contribution in [-0.4, -0.2) is 50.1 Å². The van der Waals surface area contributed by atoms with Crippen LogP contribution in [0.15, 0.2) is 24.3 Å². The number of hydrogen-bond donors (Lipinski definition) is 1. The molecule has 104 valence electrons. The molecule has 1 aliphatic rings. The third kappa shape index (κ3) is 3.17. The van der Waals surface area contributed by atoms with E-state index in [0.29, 0.717) is 0 Å². The van der Waals surface area contributed by atoms with Crippen LogP contribution in [0.4, 0.5) is 5.69 Å². The number of carbonyl (C=O) groups is 1. The molecule has 19 heavy (non-hydrogen) atoms. The largest absolute Gasteiger partial charge is 0.497 e. The van der Waals surface area contributed by atoms with Crippen LogP contribution in [0.25, 0.3) is 0 Å². The van der Waals surface area contributed by atoms with E-state index in [4.69, 9.17) is 10.5 Å². The zero-order chi connectivity index (χ0) is 13.8. The molecule has 1 fully saturated rings. The fourth-order valence-electron chi connectivity index (χ4n) is 2.35. The van der Waals surface area contributed by atoms with Crippen molar-refractivity contribution in [3.63, 3.8) is 0 Å². The Kier molecular flexibility index (Phi) is 4.27. The average Bonchev–Trinajstić information content (AvgIpc) is 2.46. The number of hydrogen-bond acceptors (Lipinski definition) is 4. The summed E-state index contributed by atoms with van der Waals surface area (Å²) in [5.74, 6) is 0.611. The van der Waals surface area contributed by atoms with E-state index >= 15 is 0 Å². The summed E-state index contributed by atoms with van der Waals surface area (Å²) < 4.78 is 5.24. The normalized spacial score (nSPS) is 18.1. The Morgan fingerprint density at radius 3 is 2.58 bits per heavy atom. The van der Waals surface area contributed by atoms with Crippen LogP contribution in [0, 0.1) is 0 Å². The zero-order valence-electron chi connectivity index (χ0n) is 11.5. The standard InChI is InChI=1S/C14H21N3O2/c1-11(14(15)18)16-6-8-17(9-7-16)12-4-3-5-13(10-12)19-2/h3-5,10-11H,6-9H2,1-2H3,(H2,15,18)/t11-/m0/s1. The van der Waals surface area contributed by atoms with Crippen molar-refractivity contribution in [2.45, 2.75) is 13.0 Å². The molecule has 0 aliphatic carbocycles. The molecule has 0 saturated carbocycles. The average molecular weight is 263 g/mol. The van der Waals surface area contributed by atoms with E-state index in [1.165, 1.54) is 0 Å². The number of carbonyl (C=O) groups excluding carboxylic acids is 1. The maximum atomic E-state index is 11.2. The van der Waals surface area contributed by atoms with Gasteiger partial charge in [-0.1, -0.05) is 6.07 Å². The van der Waals surface area contributed by atoms with Gasteiger partial charge in [-0.05, 0) is 19.1 Å². The molecule has 1 aliphatic heterocycles. The molecule has 1 amide bonds. The lowest BCUT2D eigenvalue weighted by Crippen LogP contribution is -2.53. The number of benzene rings is 1. The maximum absolute atomic E-state index is 11.2. The Hall–Kier alpha value is -1.75.